The van der Waals surface area contributed by atoms with Gasteiger partial charge in [-0.1, -0.05) is 42.0 Å². The summed E-state index contributed by atoms with van der Waals surface area (Å²) in [7, 11) is -1.88. The number of benzene rings is 2. The minimum absolute atomic E-state index is 0.0568. The normalized spacial score (nSPS) is 11.3. The van der Waals surface area contributed by atoms with Crippen molar-refractivity contribution >= 4 is 15.9 Å². The van der Waals surface area contributed by atoms with E-state index >= 15 is 0 Å². The van der Waals surface area contributed by atoms with E-state index in [0.29, 0.717) is 17.7 Å². The topological polar surface area (TPSA) is 75.3 Å². The van der Waals surface area contributed by atoms with Crippen molar-refractivity contribution in [1.29, 1.82) is 0 Å². The predicted molar refractivity (Wildman–Crippen MR) is 95.2 cm³/mol. The Balaban J connectivity index is 1.98. The third kappa shape index (κ3) is 4.91. The van der Waals surface area contributed by atoms with Gasteiger partial charge in [0, 0.05) is 12.1 Å². The van der Waals surface area contributed by atoms with E-state index < -0.39 is 10.0 Å². The van der Waals surface area contributed by atoms with Crippen LogP contribution in [0, 0.1) is 13.8 Å². The van der Waals surface area contributed by atoms with E-state index in [1.807, 2.05) is 44.2 Å². The molecule has 0 unspecified atom stereocenters. The molecule has 0 fully saturated rings. The van der Waals surface area contributed by atoms with E-state index in [2.05, 4.69) is 10.0 Å². The van der Waals surface area contributed by atoms with E-state index in [-0.39, 0.29) is 11.7 Å². The van der Waals surface area contributed by atoms with Crippen LogP contribution in [0.1, 0.15) is 32.6 Å². The molecule has 6 heteroatoms. The van der Waals surface area contributed by atoms with Crippen LogP contribution in [0.5, 0.6) is 0 Å². The molecule has 2 N–H and O–H groups in total. The lowest BCUT2D eigenvalue weighted by atomic mass is 10.1. The number of sulfonamides is 1. The molecule has 2 aromatic carbocycles. The zero-order valence-corrected chi connectivity index (χ0v) is 14.9. The summed E-state index contributed by atoms with van der Waals surface area (Å²) in [5.74, 6) is -0.173. The van der Waals surface area contributed by atoms with Crippen molar-refractivity contribution in [3.05, 3.63) is 70.3 Å². The van der Waals surface area contributed by atoms with Crippen molar-refractivity contribution < 1.29 is 13.2 Å². The average molecular weight is 346 g/mol. The van der Waals surface area contributed by atoms with Crippen LogP contribution >= 0.6 is 0 Å². The fourth-order valence-corrected chi connectivity index (χ4v) is 3.17. The maximum atomic E-state index is 12.2. The first kappa shape index (κ1) is 18.2. The maximum Gasteiger partial charge on any atom is 0.251 e. The molecule has 0 aliphatic rings. The third-order valence-corrected chi connectivity index (χ3v) is 5.11. The molecule has 1 amide bonds. The molecule has 5 nitrogen and oxygen atoms in total. The lowest BCUT2D eigenvalue weighted by Gasteiger charge is -2.09. The molecule has 0 radical (unpaired) electrons. The lowest BCUT2D eigenvalue weighted by Crippen LogP contribution is -2.23. The predicted octanol–water partition coefficient (Wildman–Crippen LogP) is 2.28. The highest BCUT2D eigenvalue weighted by molar-refractivity contribution is 7.88. The minimum Gasteiger partial charge on any atom is -0.348 e. The highest BCUT2D eigenvalue weighted by atomic mass is 32.2. The summed E-state index contributed by atoms with van der Waals surface area (Å²) in [6, 6.07) is 12.9. The van der Waals surface area contributed by atoms with Crippen LogP contribution in [0.2, 0.25) is 0 Å². The Bertz CT molecular complexity index is 828. The average Bonchev–Trinajstić information content (AvgIpc) is 2.53. The molecule has 0 aromatic heterocycles. The van der Waals surface area contributed by atoms with Gasteiger partial charge in [0.05, 0.1) is 5.75 Å². The van der Waals surface area contributed by atoms with Crippen molar-refractivity contribution in [1.82, 2.24) is 10.0 Å². The molecule has 0 spiro atoms. The second-order valence-corrected chi connectivity index (χ2v) is 7.71. The van der Waals surface area contributed by atoms with Crippen molar-refractivity contribution in [2.75, 3.05) is 7.05 Å². The van der Waals surface area contributed by atoms with Gasteiger partial charge in [-0.05, 0) is 43.7 Å². The first-order valence-electron chi connectivity index (χ1n) is 7.65. The maximum absolute atomic E-state index is 12.2. The summed E-state index contributed by atoms with van der Waals surface area (Å²) >= 11 is 0. The Morgan fingerprint density at radius 3 is 2.21 bits per heavy atom. The molecule has 0 saturated carbocycles. The van der Waals surface area contributed by atoms with Crippen LogP contribution in [0.15, 0.2) is 42.5 Å². The van der Waals surface area contributed by atoms with Crippen LogP contribution in [0.25, 0.3) is 0 Å². The monoisotopic (exact) mass is 346 g/mol. The van der Waals surface area contributed by atoms with E-state index in [4.69, 9.17) is 0 Å². The van der Waals surface area contributed by atoms with Gasteiger partial charge in [-0.2, -0.15) is 0 Å². The van der Waals surface area contributed by atoms with Crippen molar-refractivity contribution in [2.45, 2.75) is 26.1 Å². The summed E-state index contributed by atoms with van der Waals surface area (Å²) in [5, 5.41) is 2.88. The quantitative estimate of drug-likeness (QED) is 0.843. The summed E-state index contributed by atoms with van der Waals surface area (Å²) in [6.45, 7) is 4.30. The van der Waals surface area contributed by atoms with Gasteiger partial charge < -0.3 is 5.32 Å². The summed E-state index contributed by atoms with van der Waals surface area (Å²) in [5.41, 5.74) is 4.35. The second kappa shape index (κ2) is 7.59. The molecular formula is C18H22N2O3S. The van der Waals surface area contributed by atoms with Gasteiger partial charge in [-0.25, -0.2) is 13.1 Å². The van der Waals surface area contributed by atoms with Gasteiger partial charge in [0.25, 0.3) is 5.91 Å². The van der Waals surface area contributed by atoms with E-state index in [9.17, 15) is 13.2 Å². The third-order valence-electron chi connectivity index (χ3n) is 3.77. The Kier molecular flexibility index (Phi) is 5.75. The smallest absolute Gasteiger partial charge is 0.251 e. The van der Waals surface area contributed by atoms with Gasteiger partial charge in [0.15, 0.2) is 0 Å². The van der Waals surface area contributed by atoms with Crippen molar-refractivity contribution in [2.24, 2.45) is 0 Å². The van der Waals surface area contributed by atoms with Gasteiger partial charge in [-0.15, -0.1) is 0 Å². The number of hydrogen-bond acceptors (Lipinski definition) is 3. The molecule has 128 valence electrons. The van der Waals surface area contributed by atoms with E-state index in [1.165, 1.54) is 7.05 Å². The number of hydrogen-bond donors (Lipinski definition) is 2. The first-order valence-corrected chi connectivity index (χ1v) is 9.30. The molecule has 2 aromatic rings. The van der Waals surface area contributed by atoms with Gasteiger partial charge in [-0.3, -0.25) is 4.79 Å². The highest BCUT2D eigenvalue weighted by Crippen LogP contribution is 2.11. The Hall–Kier alpha value is -2.18. The Labute approximate surface area is 143 Å². The molecule has 24 heavy (non-hydrogen) atoms. The van der Waals surface area contributed by atoms with Gasteiger partial charge >= 0.3 is 0 Å². The Morgan fingerprint density at radius 1 is 1.00 bits per heavy atom. The zero-order chi connectivity index (χ0) is 17.7. The number of rotatable bonds is 6. The van der Waals surface area contributed by atoms with Crippen LogP contribution in [-0.4, -0.2) is 21.4 Å². The van der Waals surface area contributed by atoms with Crippen LogP contribution in [0.4, 0.5) is 0 Å². The largest absolute Gasteiger partial charge is 0.348 e. The molecular weight excluding hydrogens is 324 g/mol. The summed E-state index contributed by atoms with van der Waals surface area (Å²) < 4.78 is 25.3. The molecule has 0 aliphatic carbocycles. The second-order valence-electron chi connectivity index (χ2n) is 5.78. The number of carbonyl (C=O) groups excluding carboxylic acids is 1. The Morgan fingerprint density at radius 2 is 1.62 bits per heavy atom. The summed E-state index contributed by atoms with van der Waals surface area (Å²) in [4.78, 5) is 12.2. The number of carbonyl (C=O) groups is 1. The first-order chi connectivity index (χ1) is 11.3. The molecule has 2 rings (SSSR count). The lowest BCUT2D eigenvalue weighted by molar-refractivity contribution is 0.0950. The van der Waals surface area contributed by atoms with Gasteiger partial charge in [0.1, 0.15) is 0 Å². The fraction of sp³-hybridized carbons (Fsp3) is 0.278. The molecule has 0 aliphatic heterocycles. The minimum atomic E-state index is -3.28. The van der Waals surface area contributed by atoms with Crippen LogP contribution in [0.3, 0.4) is 0 Å². The van der Waals surface area contributed by atoms with E-state index in [1.54, 1.807) is 12.1 Å². The number of amides is 1. The molecule has 0 saturated heterocycles. The highest BCUT2D eigenvalue weighted by Gasteiger charge is 2.10. The number of aryl methyl sites for hydroxylation is 2. The van der Waals surface area contributed by atoms with Crippen LogP contribution in [-0.2, 0) is 22.3 Å². The standard InChI is InChI=1S/C18H22N2O3S/c1-13-4-9-17(14(2)10-13)18(21)20-11-15-5-7-16(8-6-15)12-24(22,23)19-3/h4-10,19H,11-12H2,1-3H3,(H,20,21). The van der Waals surface area contributed by atoms with Crippen molar-refractivity contribution in [3.8, 4) is 0 Å². The van der Waals surface area contributed by atoms with E-state index in [0.717, 1.165) is 16.7 Å². The zero-order valence-electron chi connectivity index (χ0n) is 14.1. The molecule has 0 atom stereocenters. The van der Waals surface area contributed by atoms with Crippen molar-refractivity contribution in [3.63, 3.8) is 0 Å². The summed E-state index contributed by atoms with van der Waals surface area (Å²) in [6.07, 6.45) is 0. The SMILES string of the molecule is CNS(=O)(=O)Cc1ccc(CNC(=O)c2ccc(C)cc2C)cc1. The molecule has 0 bridgehead atoms. The van der Waals surface area contributed by atoms with Gasteiger partial charge in [0.2, 0.25) is 10.0 Å². The fourth-order valence-electron chi connectivity index (χ4n) is 2.39. The number of nitrogens with one attached hydrogen (secondary N) is 2. The molecule has 0 heterocycles. The van der Waals surface area contributed by atoms with Crippen LogP contribution < -0.4 is 10.0 Å².